The molecular formula is C37H62O9S. The molecule has 2 spiro atoms. The van der Waals surface area contributed by atoms with E-state index in [0.717, 1.165) is 51.2 Å². The Hall–Kier alpha value is -1.17. The third-order valence-electron chi connectivity index (χ3n) is 13.4. The van der Waals surface area contributed by atoms with Gasteiger partial charge in [0.2, 0.25) is 6.29 Å². The fourth-order valence-corrected chi connectivity index (χ4v) is 11.8. The van der Waals surface area contributed by atoms with Crippen LogP contribution in [0, 0.1) is 45.3 Å². The summed E-state index contributed by atoms with van der Waals surface area (Å²) < 4.78 is 23.8. The van der Waals surface area contributed by atoms with Crippen LogP contribution in [0.15, 0.2) is 0 Å². The number of ketones is 1. The van der Waals surface area contributed by atoms with E-state index in [4.69, 9.17) is 23.7 Å². The van der Waals surface area contributed by atoms with E-state index in [2.05, 4.69) is 20.8 Å². The first kappa shape index (κ1) is 40.3. The van der Waals surface area contributed by atoms with E-state index >= 15 is 0 Å². The summed E-state index contributed by atoms with van der Waals surface area (Å²) in [5.41, 5.74) is -0.810. The number of ether oxygens (including phenoxy) is 4. The zero-order chi connectivity index (χ0) is 34.3. The number of rotatable bonds is 9. The van der Waals surface area contributed by atoms with Crippen molar-refractivity contribution < 1.29 is 43.2 Å². The SMILES string of the molecule is CC.CC=O.CO[C@@H](C1CCC2C(O1)C(=O)C1C3CCC4C(C)(C)[C@@H](OC(C=O)OCC=O)CCC45C[C@@]35CCC21C)C(C)(C)O.S. The maximum absolute atomic E-state index is 14.4. The molecule has 9 nitrogen and oxygen atoms in total. The molecule has 47 heavy (non-hydrogen) atoms. The lowest BCUT2D eigenvalue weighted by atomic mass is 9.46. The van der Waals surface area contributed by atoms with Crippen LogP contribution in [-0.4, -0.2) is 79.8 Å². The highest BCUT2D eigenvalue weighted by molar-refractivity contribution is 7.59. The van der Waals surface area contributed by atoms with Gasteiger partial charge in [0.15, 0.2) is 12.1 Å². The van der Waals surface area contributed by atoms with Crippen molar-refractivity contribution in [3.8, 4) is 0 Å². The van der Waals surface area contributed by atoms with Crippen LogP contribution < -0.4 is 0 Å². The Balaban J connectivity index is 0.000000947. The molecule has 1 N–H and O–H groups in total. The normalized spacial score (nSPS) is 41.9. The van der Waals surface area contributed by atoms with Crippen LogP contribution in [0.2, 0.25) is 0 Å². The second-order valence-electron chi connectivity index (χ2n) is 15.9. The summed E-state index contributed by atoms with van der Waals surface area (Å²) in [6, 6.07) is 0. The molecule has 0 aromatic carbocycles. The zero-order valence-corrected chi connectivity index (χ0v) is 31.2. The lowest BCUT2D eigenvalue weighted by Gasteiger charge is -2.59. The van der Waals surface area contributed by atoms with Crippen LogP contribution in [0.4, 0.5) is 0 Å². The molecule has 10 heteroatoms. The van der Waals surface area contributed by atoms with Crippen molar-refractivity contribution in [2.45, 2.75) is 149 Å². The molecule has 6 fully saturated rings. The van der Waals surface area contributed by atoms with Crippen LogP contribution in [-0.2, 0) is 38.1 Å². The van der Waals surface area contributed by atoms with Crippen LogP contribution in [0.25, 0.3) is 0 Å². The van der Waals surface area contributed by atoms with Gasteiger partial charge in [-0.25, -0.2) is 0 Å². The predicted octanol–water partition coefficient (Wildman–Crippen LogP) is 5.63. The van der Waals surface area contributed by atoms with E-state index in [0.29, 0.717) is 30.2 Å². The third kappa shape index (κ3) is 6.46. The summed E-state index contributed by atoms with van der Waals surface area (Å²) in [6.45, 7) is 15.7. The smallest absolute Gasteiger partial charge is 0.215 e. The van der Waals surface area contributed by atoms with Crippen molar-refractivity contribution in [1.82, 2.24) is 0 Å². The minimum Gasteiger partial charge on any atom is -0.388 e. The van der Waals surface area contributed by atoms with Crippen LogP contribution in [0.5, 0.6) is 0 Å². The lowest BCUT2D eigenvalue weighted by Crippen LogP contribution is -2.56. The minimum atomic E-state index is -1.05. The monoisotopic (exact) mass is 682 g/mol. The molecule has 0 radical (unpaired) electrons. The first-order valence-corrected chi connectivity index (χ1v) is 17.7. The summed E-state index contributed by atoms with van der Waals surface area (Å²) in [5, 5.41) is 10.7. The number of fused-ring (bicyclic) bond motifs is 4. The van der Waals surface area contributed by atoms with Gasteiger partial charge in [0.1, 0.15) is 31.4 Å². The number of hydrogen-bond acceptors (Lipinski definition) is 9. The summed E-state index contributed by atoms with van der Waals surface area (Å²) in [5.74, 6) is 1.41. The molecule has 5 aliphatic carbocycles. The van der Waals surface area contributed by atoms with Gasteiger partial charge in [0.05, 0.1) is 17.8 Å². The fourth-order valence-electron chi connectivity index (χ4n) is 11.8. The van der Waals surface area contributed by atoms with E-state index in [1.807, 2.05) is 13.8 Å². The highest BCUT2D eigenvalue weighted by Gasteiger charge is 2.82. The van der Waals surface area contributed by atoms with Crippen molar-refractivity contribution in [3.63, 3.8) is 0 Å². The standard InChI is InChI=1S/C33H50O8.C2H4O.C2H6.H2S/c1-29(2)22-10-8-19-25-26(36)27-20(7-9-21(40-27)28(38-6)30(3,4)37)31(25,5)13-14-32(19)18-33(22,32)12-11-23(29)41-24(17-35)39-16-15-34;1-2-3;1-2;/h15,17,19-25,27-28,37H,7-14,16,18H2,1-6H3;2H,1H3;1-2H3;1H2/t19?,20?,21?,22?,23-,24?,25?,27?,28-,31?,32-,33?;;;/m0.../s1. The maximum atomic E-state index is 14.4. The van der Waals surface area contributed by atoms with Crippen molar-refractivity contribution in [3.05, 3.63) is 0 Å². The summed E-state index contributed by atoms with van der Waals surface area (Å²) in [4.78, 5) is 45.5. The Morgan fingerprint density at radius 1 is 0.979 bits per heavy atom. The van der Waals surface area contributed by atoms with Gasteiger partial charge >= 0.3 is 0 Å². The van der Waals surface area contributed by atoms with E-state index in [-0.39, 0.29) is 65.8 Å². The van der Waals surface area contributed by atoms with Gasteiger partial charge < -0.3 is 33.6 Å². The van der Waals surface area contributed by atoms with Crippen LogP contribution >= 0.6 is 13.5 Å². The topological polar surface area (TPSA) is 125 Å². The number of Topliss-reactive ketones (excluding diaryl/α,β-unsaturated/α-hetero) is 1. The van der Waals surface area contributed by atoms with Crippen molar-refractivity contribution in [2.24, 2.45) is 45.3 Å². The number of carbonyl (C=O) groups excluding carboxylic acids is 4. The highest BCUT2D eigenvalue weighted by atomic mass is 32.1. The summed E-state index contributed by atoms with van der Waals surface area (Å²) in [7, 11) is 1.61. The largest absolute Gasteiger partial charge is 0.388 e. The molecule has 0 aromatic rings. The molecule has 1 heterocycles. The Morgan fingerprint density at radius 2 is 1.62 bits per heavy atom. The summed E-state index contributed by atoms with van der Waals surface area (Å²) in [6.07, 6.45) is 8.91. The van der Waals surface area contributed by atoms with E-state index in [1.54, 1.807) is 21.0 Å². The predicted molar refractivity (Wildman–Crippen MR) is 183 cm³/mol. The molecule has 6 rings (SSSR count). The molecular weight excluding hydrogens is 620 g/mol. The van der Waals surface area contributed by atoms with Gasteiger partial charge in [-0.2, -0.15) is 13.5 Å². The Bertz CT molecular complexity index is 1120. The van der Waals surface area contributed by atoms with Gasteiger partial charge in [0.25, 0.3) is 0 Å². The molecule has 1 saturated heterocycles. The van der Waals surface area contributed by atoms with E-state index in [1.165, 1.54) is 19.8 Å². The maximum Gasteiger partial charge on any atom is 0.215 e. The molecule has 6 aliphatic rings. The van der Waals surface area contributed by atoms with Crippen molar-refractivity contribution in [2.75, 3.05) is 13.7 Å². The first-order valence-electron chi connectivity index (χ1n) is 17.7. The second-order valence-corrected chi connectivity index (χ2v) is 15.9. The van der Waals surface area contributed by atoms with E-state index in [9.17, 15) is 19.5 Å². The average molecular weight is 683 g/mol. The second kappa shape index (κ2) is 15.0. The number of methoxy groups -OCH3 is 1. The first-order chi connectivity index (χ1) is 21.7. The Labute approximate surface area is 289 Å². The zero-order valence-electron chi connectivity index (χ0n) is 30.2. The average Bonchev–Trinajstić information content (AvgIpc) is 3.62. The lowest BCUT2D eigenvalue weighted by molar-refractivity contribution is -0.216. The minimum absolute atomic E-state index is 0. The number of aliphatic hydroxyl groups is 1. The Morgan fingerprint density at radius 3 is 2.19 bits per heavy atom. The molecule has 5 saturated carbocycles. The molecule has 0 amide bonds. The molecule has 270 valence electrons. The number of aldehydes is 3. The number of carbonyl (C=O) groups is 4. The van der Waals surface area contributed by atoms with Crippen molar-refractivity contribution in [1.29, 1.82) is 0 Å². The van der Waals surface area contributed by atoms with Gasteiger partial charge in [-0.3, -0.25) is 9.59 Å². The quantitative estimate of drug-likeness (QED) is 0.243. The Kier molecular flexibility index (Phi) is 12.8. The van der Waals surface area contributed by atoms with Gasteiger partial charge in [0, 0.05) is 13.0 Å². The fraction of sp³-hybridized carbons (Fsp3) is 0.892. The molecule has 1 aliphatic heterocycles. The van der Waals surface area contributed by atoms with E-state index < -0.39 is 24.1 Å². The van der Waals surface area contributed by atoms with Gasteiger partial charge in [-0.15, -0.1) is 0 Å². The van der Waals surface area contributed by atoms with Crippen LogP contribution in [0.1, 0.15) is 113 Å². The number of hydrogen-bond donors (Lipinski definition) is 1. The molecule has 9 unspecified atom stereocenters. The molecule has 0 aromatic heterocycles. The summed E-state index contributed by atoms with van der Waals surface area (Å²) >= 11 is 0. The van der Waals surface area contributed by atoms with Crippen LogP contribution in [0.3, 0.4) is 0 Å². The van der Waals surface area contributed by atoms with Gasteiger partial charge in [-0.1, -0.05) is 34.6 Å². The molecule has 12 atom stereocenters. The third-order valence-corrected chi connectivity index (χ3v) is 13.4. The highest BCUT2D eigenvalue weighted by Crippen LogP contribution is 2.87. The van der Waals surface area contributed by atoms with Gasteiger partial charge in [-0.05, 0) is 118 Å². The molecule has 0 bridgehead atoms. The van der Waals surface area contributed by atoms with Crippen molar-refractivity contribution >= 4 is 38.1 Å².